The highest BCUT2D eigenvalue weighted by Gasteiger charge is 2.33. The van der Waals surface area contributed by atoms with E-state index >= 15 is 0 Å². The maximum atomic E-state index is 12.7. The summed E-state index contributed by atoms with van der Waals surface area (Å²) in [5.41, 5.74) is 2.35. The second-order valence-electron chi connectivity index (χ2n) is 7.79. The number of rotatable bonds is 6. The molecule has 158 valence electrons. The topological polar surface area (TPSA) is 66.5 Å². The van der Waals surface area contributed by atoms with E-state index in [2.05, 4.69) is 59.4 Å². The lowest BCUT2D eigenvalue weighted by Gasteiger charge is -2.30. The fraction of sp³-hybridized carbons (Fsp3) is 0.476. The summed E-state index contributed by atoms with van der Waals surface area (Å²) < 4.78 is 28.1. The number of halogens is 1. The Morgan fingerprint density at radius 1 is 1.07 bits per heavy atom. The molecular weight excluding hydrogens is 472 g/mol. The maximum absolute atomic E-state index is 12.7. The van der Waals surface area contributed by atoms with Gasteiger partial charge in [-0.3, -0.25) is 4.79 Å². The van der Waals surface area contributed by atoms with Crippen LogP contribution < -0.4 is 5.32 Å². The largest absolute Gasteiger partial charge is 0.349 e. The Labute approximate surface area is 185 Å². The number of benzene rings is 1. The van der Waals surface area contributed by atoms with Crippen LogP contribution in [0.1, 0.15) is 56.7 Å². The Hall–Kier alpha value is -1.22. The number of carbonyl (C=O) groups excluding carboxylic acids is 1. The van der Waals surface area contributed by atoms with E-state index in [1.54, 1.807) is 12.1 Å². The molecule has 0 radical (unpaired) electrons. The van der Waals surface area contributed by atoms with Gasteiger partial charge in [0.25, 0.3) is 10.0 Å². The number of amides is 1. The predicted octanol–water partition coefficient (Wildman–Crippen LogP) is 4.91. The number of hydrogen-bond acceptors (Lipinski definition) is 4. The molecule has 1 saturated heterocycles. The molecule has 1 aromatic carbocycles. The van der Waals surface area contributed by atoms with Gasteiger partial charge >= 0.3 is 0 Å². The molecule has 8 heteroatoms. The van der Waals surface area contributed by atoms with Crippen molar-refractivity contribution in [3.63, 3.8) is 0 Å². The van der Waals surface area contributed by atoms with E-state index in [9.17, 15) is 13.2 Å². The molecule has 1 unspecified atom stereocenters. The summed E-state index contributed by atoms with van der Waals surface area (Å²) in [6.07, 6.45) is 1.08. The third kappa shape index (κ3) is 5.29. The van der Waals surface area contributed by atoms with Crippen molar-refractivity contribution in [3.05, 3.63) is 51.3 Å². The van der Waals surface area contributed by atoms with Gasteiger partial charge in [-0.2, -0.15) is 4.31 Å². The summed E-state index contributed by atoms with van der Waals surface area (Å²) in [5.74, 6) is 0.320. The minimum Gasteiger partial charge on any atom is -0.349 e. The third-order valence-corrected chi connectivity index (χ3v) is 9.42. The highest BCUT2D eigenvalue weighted by molar-refractivity contribution is 9.11. The number of thiophene rings is 1. The highest BCUT2D eigenvalue weighted by Crippen LogP contribution is 2.31. The van der Waals surface area contributed by atoms with Crippen molar-refractivity contribution in [3.8, 4) is 0 Å². The Balaban J connectivity index is 1.56. The molecule has 29 heavy (non-hydrogen) atoms. The molecule has 0 spiro atoms. The van der Waals surface area contributed by atoms with Crippen molar-refractivity contribution in [1.82, 2.24) is 9.62 Å². The van der Waals surface area contributed by atoms with Gasteiger partial charge in [0.15, 0.2) is 0 Å². The van der Waals surface area contributed by atoms with Crippen molar-refractivity contribution in [2.24, 2.45) is 5.92 Å². The molecule has 1 fully saturated rings. The minimum atomic E-state index is -3.48. The fourth-order valence-electron chi connectivity index (χ4n) is 3.51. The standard InChI is InChI=1S/C21H27BrN2O3S2/c1-14(2)16-4-6-17(7-5-16)15(3)23-21(25)18-10-12-24(13-11-18)29(26,27)20-9-8-19(22)28-20/h4-9,14-15,18H,10-13H2,1-3H3,(H,23,25). The van der Waals surface area contributed by atoms with Crippen molar-refractivity contribution in [2.45, 2.75) is 49.8 Å². The van der Waals surface area contributed by atoms with E-state index in [4.69, 9.17) is 0 Å². The van der Waals surface area contributed by atoms with Crippen LogP contribution >= 0.6 is 27.3 Å². The van der Waals surface area contributed by atoms with Crippen LogP contribution in [0, 0.1) is 5.92 Å². The molecule has 1 aliphatic heterocycles. The fourth-order valence-corrected chi connectivity index (χ4v) is 7.14. The van der Waals surface area contributed by atoms with Crippen LogP contribution in [0.4, 0.5) is 0 Å². The van der Waals surface area contributed by atoms with Gasteiger partial charge in [0.1, 0.15) is 4.21 Å². The molecule has 3 rings (SSSR count). The zero-order valence-electron chi connectivity index (χ0n) is 16.9. The van der Waals surface area contributed by atoms with Gasteiger partial charge in [-0.1, -0.05) is 38.1 Å². The van der Waals surface area contributed by atoms with Crippen molar-refractivity contribution >= 4 is 43.2 Å². The van der Waals surface area contributed by atoms with Crippen molar-refractivity contribution in [2.75, 3.05) is 13.1 Å². The Bertz CT molecular complexity index is 947. The summed E-state index contributed by atoms with van der Waals surface area (Å²) in [5, 5.41) is 3.09. The van der Waals surface area contributed by atoms with Crippen LogP contribution in [0.3, 0.4) is 0 Å². The molecular formula is C21H27BrN2O3S2. The number of carbonyl (C=O) groups is 1. The van der Waals surface area contributed by atoms with Crippen molar-refractivity contribution < 1.29 is 13.2 Å². The second kappa shape index (κ2) is 9.29. The van der Waals surface area contributed by atoms with Gasteiger partial charge in [0.2, 0.25) is 5.91 Å². The number of nitrogens with one attached hydrogen (secondary N) is 1. The van der Waals surface area contributed by atoms with Crippen LogP contribution in [-0.4, -0.2) is 31.7 Å². The molecule has 0 bridgehead atoms. The van der Waals surface area contributed by atoms with E-state index < -0.39 is 10.0 Å². The molecule has 2 aromatic rings. The molecule has 1 atom stereocenters. The third-order valence-electron chi connectivity index (χ3n) is 5.43. The van der Waals surface area contributed by atoms with Crippen LogP contribution in [0.2, 0.25) is 0 Å². The Kier molecular flexibility index (Phi) is 7.19. The summed E-state index contributed by atoms with van der Waals surface area (Å²) in [6, 6.07) is 11.6. The van der Waals surface area contributed by atoms with Crippen molar-refractivity contribution in [1.29, 1.82) is 0 Å². The minimum absolute atomic E-state index is 0.00125. The number of sulfonamides is 1. The zero-order valence-corrected chi connectivity index (χ0v) is 20.1. The zero-order chi connectivity index (χ0) is 21.2. The molecule has 0 aliphatic carbocycles. The van der Waals surface area contributed by atoms with Gasteiger partial charge in [-0.05, 0) is 64.9 Å². The lowest BCUT2D eigenvalue weighted by molar-refractivity contribution is -0.126. The first-order valence-corrected chi connectivity index (χ1v) is 12.9. The van der Waals surface area contributed by atoms with Crippen LogP contribution in [0.15, 0.2) is 44.4 Å². The van der Waals surface area contributed by atoms with E-state index in [0.29, 0.717) is 36.1 Å². The lowest BCUT2D eigenvalue weighted by Crippen LogP contribution is -2.43. The van der Waals surface area contributed by atoms with E-state index in [0.717, 1.165) is 9.35 Å². The number of hydrogen-bond donors (Lipinski definition) is 1. The van der Waals surface area contributed by atoms with Crippen LogP contribution in [0.25, 0.3) is 0 Å². The van der Waals surface area contributed by atoms with Gasteiger partial charge in [0.05, 0.1) is 9.83 Å². The number of nitrogens with zero attached hydrogens (tertiary/aromatic N) is 1. The molecule has 1 aromatic heterocycles. The van der Waals surface area contributed by atoms with Gasteiger partial charge in [0, 0.05) is 19.0 Å². The smallest absolute Gasteiger partial charge is 0.252 e. The predicted molar refractivity (Wildman–Crippen MR) is 121 cm³/mol. The second-order valence-corrected chi connectivity index (χ2v) is 12.4. The van der Waals surface area contributed by atoms with Crippen LogP contribution in [-0.2, 0) is 14.8 Å². The molecule has 1 N–H and O–H groups in total. The summed E-state index contributed by atoms with van der Waals surface area (Å²) in [7, 11) is -3.48. The normalized spacial score (nSPS) is 17.4. The van der Waals surface area contributed by atoms with Crippen LogP contribution in [0.5, 0.6) is 0 Å². The van der Waals surface area contributed by atoms with Gasteiger partial charge in [-0.15, -0.1) is 11.3 Å². The first kappa shape index (κ1) is 22.5. The first-order valence-electron chi connectivity index (χ1n) is 9.84. The van der Waals surface area contributed by atoms with E-state index in [1.165, 1.54) is 21.2 Å². The quantitative estimate of drug-likeness (QED) is 0.614. The molecule has 1 aliphatic rings. The van der Waals surface area contributed by atoms with E-state index in [1.807, 2.05) is 6.92 Å². The summed E-state index contributed by atoms with van der Waals surface area (Å²) in [4.78, 5) is 12.7. The molecule has 2 heterocycles. The van der Waals surface area contributed by atoms with E-state index in [-0.39, 0.29) is 17.9 Å². The number of piperidine rings is 1. The SMILES string of the molecule is CC(C)c1ccc(C(C)NC(=O)C2CCN(S(=O)(=O)c3ccc(Br)s3)CC2)cc1. The molecule has 1 amide bonds. The molecule has 0 saturated carbocycles. The summed E-state index contributed by atoms with van der Waals surface area (Å²) >= 11 is 4.52. The average molecular weight is 499 g/mol. The lowest BCUT2D eigenvalue weighted by atomic mass is 9.96. The first-order chi connectivity index (χ1) is 13.7. The Morgan fingerprint density at radius 2 is 1.66 bits per heavy atom. The monoisotopic (exact) mass is 498 g/mol. The Morgan fingerprint density at radius 3 is 2.17 bits per heavy atom. The summed E-state index contributed by atoms with van der Waals surface area (Å²) in [6.45, 7) is 7.03. The highest BCUT2D eigenvalue weighted by atomic mass is 79.9. The average Bonchev–Trinajstić information content (AvgIpc) is 3.15. The maximum Gasteiger partial charge on any atom is 0.252 e. The van der Waals surface area contributed by atoms with Gasteiger partial charge in [-0.25, -0.2) is 8.42 Å². The molecule has 5 nitrogen and oxygen atoms in total. The van der Waals surface area contributed by atoms with Gasteiger partial charge < -0.3 is 5.32 Å².